The molecule has 0 atom stereocenters. The fourth-order valence-corrected chi connectivity index (χ4v) is 2.15. The minimum Gasteiger partial charge on any atom is -0.298 e. The molecular weight excluding hydrogens is 264 g/mol. The van der Waals surface area contributed by atoms with Crippen molar-refractivity contribution in [2.24, 2.45) is 0 Å². The predicted octanol–water partition coefficient (Wildman–Crippen LogP) is 2.87. The second-order valence-electron chi connectivity index (χ2n) is 4.72. The Morgan fingerprint density at radius 3 is 2.26 bits per heavy atom. The highest BCUT2D eigenvalue weighted by Crippen LogP contribution is 2.25. The summed E-state index contributed by atoms with van der Waals surface area (Å²) in [5, 5.41) is 4.61. The highest BCUT2D eigenvalue weighted by Gasteiger charge is 2.20. The first-order valence-electron chi connectivity index (χ1n) is 6.00. The van der Waals surface area contributed by atoms with Crippen LogP contribution < -0.4 is 0 Å². The number of hydrogen-bond acceptors (Lipinski definition) is 4. The molecule has 0 aliphatic heterocycles. The molecule has 0 fully saturated rings. The molecule has 0 aliphatic carbocycles. The molecule has 0 bridgehead atoms. The number of carbonyl (C=O) groups excluding carboxylic acids is 1. The maximum atomic E-state index is 11.2. The zero-order valence-electron chi connectivity index (χ0n) is 11.3. The number of aryl methyl sites for hydroxylation is 2. The van der Waals surface area contributed by atoms with Crippen molar-refractivity contribution in [1.82, 2.24) is 19.7 Å². The Bertz CT molecular complexity index is 614. The van der Waals surface area contributed by atoms with E-state index < -0.39 is 0 Å². The van der Waals surface area contributed by atoms with Gasteiger partial charge < -0.3 is 0 Å². The van der Waals surface area contributed by atoms with Gasteiger partial charge in [0.25, 0.3) is 5.95 Å². The van der Waals surface area contributed by atoms with Gasteiger partial charge in [-0.1, -0.05) is 25.4 Å². The van der Waals surface area contributed by atoms with Crippen LogP contribution in [0.1, 0.15) is 47.2 Å². The molecule has 0 aromatic carbocycles. The van der Waals surface area contributed by atoms with Crippen molar-refractivity contribution < 1.29 is 4.79 Å². The minimum absolute atomic E-state index is 0.102. The maximum Gasteiger partial charge on any atom is 0.252 e. The van der Waals surface area contributed by atoms with Gasteiger partial charge in [-0.05, 0) is 25.8 Å². The van der Waals surface area contributed by atoms with Crippen LogP contribution in [0, 0.1) is 13.8 Å². The van der Waals surface area contributed by atoms with E-state index in [1.165, 1.54) is 4.68 Å². The van der Waals surface area contributed by atoms with E-state index in [0.29, 0.717) is 17.2 Å². The molecule has 0 spiro atoms. The van der Waals surface area contributed by atoms with Gasteiger partial charge in [-0.25, -0.2) is 9.97 Å². The van der Waals surface area contributed by atoms with E-state index >= 15 is 0 Å². The smallest absolute Gasteiger partial charge is 0.252 e. The molecule has 0 aliphatic rings. The highest BCUT2D eigenvalue weighted by molar-refractivity contribution is 6.32. The molecule has 2 rings (SSSR count). The summed E-state index contributed by atoms with van der Waals surface area (Å²) < 4.78 is 1.42. The van der Waals surface area contributed by atoms with Gasteiger partial charge in [0.2, 0.25) is 0 Å². The number of rotatable bonds is 3. The normalized spacial score (nSPS) is 11.1. The molecule has 6 heteroatoms. The summed E-state index contributed by atoms with van der Waals surface area (Å²) in [6, 6.07) is 1.87. The molecule has 0 saturated heterocycles. The Morgan fingerprint density at radius 1 is 1.26 bits per heavy atom. The Labute approximate surface area is 116 Å². The lowest BCUT2D eigenvalue weighted by atomic mass is 10.1. The number of halogens is 1. The first-order valence-corrected chi connectivity index (χ1v) is 6.38. The van der Waals surface area contributed by atoms with Gasteiger partial charge in [0.1, 0.15) is 5.15 Å². The van der Waals surface area contributed by atoms with E-state index in [-0.39, 0.29) is 11.1 Å². The Balaban J connectivity index is 2.65. The van der Waals surface area contributed by atoms with E-state index in [1.54, 1.807) is 0 Å². The summed E-state index contributed by atoms with van der Waals surface area (Å²) >= 11 is 6.20. The van der Waals surface area contributed by atoms with Crippen molar-refractivity contribution in [1.29, 1.82) is 0 Å². The predicted molar refractivity (Wildman–Crippen MR) is 73.1 cm³/mol. The van der Waals surface area contributed by atoms with E-state index in [0.717, 1.165) is 17.7 Å². The third-order valence-corrected chi connectivity index (χ3v) is 3.08. The molecule has 0 amide bonds. The molecule has 5 nitrogen and oxygen atoms in total. The monoisotopic (exact) mass is 278 g/mol. The summed E-state index contributed by atoms with van der Waals surface area (Å²) in [4.78, 5) is 19.8. The van der Waals surface area contributed by atoms with Crippen LogP contribution >= 0.6 is 11.6 Å². The van der Waals surface area contributed by atoms with E-state index in [1.807, 2.05) is 33.8 Å². The molecule has 100 valence electrons. The number of hydrogen-bond donors (Lipinski definition) is 0. The Morgan fingerprint density at radius 2 is 1.84 bits per heavy atom. The van der Waals surface area contributed by atoms with Crippen molar-refractivity contribution in [3.8, 4) is 5.95 Å². The number of carbonyl (C=O) groups is 1. The van der Waals surface area contributed by atoms with Crippen molar-refractivity contribution in [2.75, 3.05) is 0 Å². The second-order valence-corrected chi connectivity index (χ2v) is 5.08. The van der Waals surface area contributed by atoms with Crippen LogP contribution in [0.25, 0.3) is 5.95 Å². The van der Waals surface area contributed by atoms with Crippen LogP contribution in [0.4, 0.5) is 0 Å². The fraction of sp³-hybridized carbons (Fsp3) is 0.385. The molecule has 2 aromatic rings. The maximum absolute atomic E-state index is 11.2. The van der Waals surface area contributed by atoms with Crippen LogP contribution in [0.2, 0.25) is 5.15 Å². The lowest BCUT2D eigenvalue weighted by Gasteiger charge is -2.04. The van der Waals surface area contributed by atoms with E-state index in [4.69, 9.17) is 11.6 Å². The lowest BCUT2D eigenvalue weighted by Crippen LogP contribution is -2.06. The van der Waals surface area contributed by atoms with Crippen molar-refractivity contribution in [2.45, 2.75) is 33.6 Å². The molecule has 19 heavy (non-hydrogen) atoms. The van der Waals surface area contributed by atoms with Crippen LogP contribution in [0.3, 0.4) is 0 Å². The third-order valence-electron chi connectivity index (χ3n) is 2.72. The first-order chi connectivity index (χ1) is 8.93. The van der Waals surface area contributed by atoms with Crippen molar-refractivity contribution in [3.05, 3.63) is 33.9 Å². The Kier molecular flexibility index (Phi) is 3.66. The van der Waals surface area contributed by atoms with Gasteiger partial charge in [0.15, 0.2) is 6.29 Å². The van der Waals surface area contributed by atoms with Gasteiger partial charge >= 0.3 is 0 Å². The molecular formula is C13H15ClN4O. The minimum atomic E-state index is 0.102. The molecule has 2 heterocycles. The lowest BCUT2D eigenvalue weighted by molar-refractivity contribution is 0.112. The fourth-order valence-electron chi connectivity index (χ4n) is 1.90. The summed E-state index contributed by atoms with van der Waals surface area (Å²) in [7, 11) is 0. The van der Waals surface area contributed by atoms with Crippen LogP contribution in [0.15, 0.2) is 6.07 Å². The summed E-state index contributed by atoms with van der Waals surface area (Å²) in [6.45, 7) is 7.66. The van der Waals surface area contributed by atoms with Crippen molar-refractivity contribution >= 4 is 17.9 Å². The summed E-state index contributed by atoms with van der Waals surface area (Å²) in [6.07, 6.45) is 0.726. The number of aromatic nitrogens is 4. The standard InChI is InChI=1S/C13H15ClN4O/c1-7(2)11-10(6-19)12(14)18(17-11)13-15-8(3)5-9(4)16-13/h5-7H,1-4H3. The molecule has 0 N–H and O–H groups in total. The zero-order valence-corrected chi connectivity index (χ0v) is 12.1. The zero-order chi connectivity index (χ0) is 14.2. The van der Waals surface area contributed by atoms with Crippen LogP contribution in [-0.2, 0) is 0 Å². The van der Waals surface area contributed by atoms with Crippen LogP contribution in [0.5, 0.6) is 0 Å². The first kappa shape index (κ1) is 13.7. The summed E-state index contributed by atoms with van der Waals surface area (Å²) in [5.74, 6) is 0.488. The van der Waals surface area contributed by atoms with Crippen molar-refractivity contribution in [3.63, 3.8) is 0 Å². The molecule has 0 saturated carbocycles. The van der Waals surface area contributed by atoms with Gasteiger partial charge in [-0.2, -0.15) is 9.78 Å². The average molecular weight is 279 g/mol. The second kappa shape index (κ2) is 5.09. The van der Waals surface area contributed by atoms with Gasteiger partial charge in [-0.15, -0.1) is 0 Å². The summed E-state index contributed by atoms with van der Waals surface area (Å²) in [5.41, 5.74) is 2.71. The van der Waals surface area contributed by atoms with Gasteiger partial charge in [-0.3, -0.25) is 4.79 Å². The van der Waals surface area contributed by atoms with Crippen LogP contribution in [-0.4, -0.2) is 26.0 Å². The average Bonchev–Trinajstić information content (AvgIpc) is 2.65. The van der Waals surface area contributed by atoms with Gasteiger partial charge in [0, 0.05) is 11.4 Å². The number of aldehydes is 1. The highest BCUT2D eigenvalue weighted by atomic mass is 35.5. The number of nitrogens with zero attached hydrogens (tertiary/aromatic N) is 4. The largest absolute Gasteiger partial charge is 0.298 e. The van der Waals surface area contributed by atoms with E-state index in [2.05, 4.69) is 15.1 Å². The Hall–Kier alpha value is -1.75. The molecule has 0 radical (unpaired) electrons. The van der Waals surface area contributed by atoms with Gasteiger partial charge in [0.05, 0.1) is 11.3 Å². The van der Waals surface area contributed by atoms with E-state index in [9.17, 15) is 4.79 Å². The molecule has 0 unspecified atom stereocenters. The third kappa shape index (κ3) is 2.51. The molecule has 2 aromatic heterocycles. The quantitative estimate of drug-likeness (QED) is 0.810. The SMILES string of the molecule is Cc1cc(C)nc(-n2nc(C(C)C)c(C=O)c2Cl)n1. The topological polar surface area (TPSA) is 60.7 Å².